The first kappa shape index (κ1) is 15.2. The Morgan fingerprint density at radius 2 is 1.94 bits per heavy atom. The van der Waals surface area contributed by atoms with Gasteiger partial charge in [-0.1, -0.05) is 0 Å². The molecule has 0 heterocycles. The molecule has 2 N–H and O–H groups in total. The van der Waals surface area contributed by atoms with Crippen LogP contribution in [0.4, 0.5) is 18.9 Å². The molecule has 0 unspecified atom stereocenters. The van der Waals surface area contributed by atoms with E-state index in [-0.39, 0.29) is 16.3 Å². The molecule has 0 aliphatic heterocycles. The second-order valence-corrected chi connectivity index (χ2v) is 6.63. The minimum atomic E-state index is -4.53. The van der Waals surface area contributed by atoms with E-state index < -0.39 is 21.6 Å². The lowest BCUT2D eigenvalue weighted by molar-refractivity contribution is -0.137. The quantitative estimate of drug-likeness (QED) is 0.867. The zero-order valence-corrected chi connectivity index (χ0v) is 11.1. The number of nitrogens with two attached hydrogens (primary N) is 1. The van der Waals surface area contributed by atoms with Crippen molar-refractivity contribution in [2.45, 2.75) is 11.1 Å². The highest BCUT2D eigenvalue weighted by Crippen LogP contribution is 2.32. The van der Waals surface area contributed by atoms with Gasteiger partial charge in [0.1, 0.15) is 0 Å². The van der Waals surface area contributed by atoms with Crippen molar-refractivity contribution in [1.29, 1.82) is 0 Å². The molecule has 0 aromatic heterocycles. The van der Waals surface area contributed by atoms with Crippen molar-refractivity contribution >= 4 is 27.3 Å². The zero-order valence-electron chi connectivity index (χ0n) is 9.49. The minimum Gasteiger partial charge on any atom is -0.398 e. The number of hydrogen-bond acceptors (Lipinski definition) is 4. The molecule has 0 saturated carbocycles. The molecule has 0 amide bonds. The molecule has 0 radical (unpaired) electrons. The lowest BCUT2D eigenvalue weighted by Crippen LogP contribution is -2.13. The third-order valence-electron chi connectivity index (χ3n) is 2.23. The van der Waals surface area contributed by atoms with Crippen molar-refractivity contribution in [3.63, 3.8) is 0 Å². The van der Waals surface area contributed by atoms with Crippen LogP contribution in [0.25, 0.3) is 0 Å². The van der Waals surface area contributed by atoms with E-state index in [0.29, 0.717) is 11.8 Å². The Hall–Kier alpha value is -0.890. The molecule has 3 nitrogen and oxygen atoms in total. The Morgan fingerprint density at radius 1 is 1.33 bits per heavy atom. The van der Waals surface area contributed by atoms with E-state index in [2.05, 4.69) is 0 Å². The highest BCUT2D eigenvalue weighted by molar-refractivity contribution is 8.00. The SMILES string of the molecule is CSCCS(=O)(=O)c1ccc(C(F)(F)F)cc1N. The topological polar surface area (TPSA) is 60.2 Å². The number of alkyl halides is 3. The molecule has 18 heavy (non-hydrogen) atoms. The van der Waals surface area contributed by atoms with E-state index >= 15 is 0 Å². The number of benzene rings is 1. The molecular formula is C10H12F3NO2S2. The van der Waals surface area contributed by atoms with Crippen LogP contribution in [0.15, 0.2) is 23.1 Å². The number of thioether (sulfide) groups is 1. The fourth-order valence-electron chi connectivity index (χ4n) is 1.31. The summed E-state index contributed by atoms with van der Waals surface area (Å²) in [5, 5.41) is 0. The summed E-state index contributed by atoms with van der Waals surface area (Å²) in [4.78, 5) is -0.246. The van der Waals surface area contributed by atoms with Crippen molar-refractivity contribution in [3.05, 3.63) is 23.8 Å². The van der Waals surface area contributed by atoms with E-state index in [1.165, 1.54) is 11.8 Å². The molecule has 0 aliphatic carbocycles. The number of halogens is 3. The summed E-state index contributed by atoms with van der Waals surface area (Å²) in [5.74, 6) is 0.215. The smallest absolute Gasteiger partial charge is 0.398 e. The fourth-order valence-corrected chi connectivity index (χ4v) is 3.77. The summed E-state index contributed by atoms with van der Waals surface area (Å²) in [6, 6.07) is 2.28. The number of nitrogen functional groups attached to an aromatic ring is 1. The van der Waals surface area contributed by atoms with Gasteiger partial charge in [-0.2, -0.15) is 24.9 Å². The molecule has 1 rings (SSSR count). The van der Waals surface area contributed by atoms with E-state index in [1.54, 1.807) is 6.26 Å². The van der Waals surface area contributed by atoms with E-state index in [4.69, 9.17) is 5.73 Å². The maximum Gasteiger partial charge on any atom is 0.416 e. The normalized spacial score (nSPS) is 12.7. The highest BCUT2D eigenvalue weighted by atomic mass is 32.2. The number of rotatable bonds is 4. The van der Waals surface area contributed by atoms with Crippen molar-refractivity contribution in [3.8, 4) is 0 Å². The van der Waals surface area contributed by atoms with Gasteiger partial charge in [0.25, 0.3) is 0 Å². The van der Waals surface area contributed by atoms with Gasteiger partial charge in [-0.3, -0.25) is 0 Å². The summed E-state index contributed by atoms with van der Waals surface area (Å²) in [7, 11) is -3.63. The lowest BCUT2D eigenvalue weighted by Gasteiger charge is -2.11. The number of anilines is 1. The number of sulfone groups is 1. The maximum absolute atomic E-state index is 12.4. The van der Waals surface area contributed by atoms with Crippen molar-refractivity contribution in [2.75, 3.05) is 23.5 Å². The van der Waals surface area contributed by atoms with E-state index in [9.17, 15) is 21.6 Å². The molecule has 0 bridgehead atoms. The third-order valence-corrected chi connectivity index (χ3v) is 4.88. The average Bonchev–Trinajstić information content (AvgIpc) is 2.24. The first-order valence-electron chi connectivity index (χ1n) is 4.87. The van der Waals surface area contributed by atoms with Crippen LogP contribution >= 0.6 is 11.8 Å². The molecular weight excluding hydrogens is 287 g/mol. The van der Waals surface area contributed by atoms with Gasteiger partial charge in [-0.25, -0.2) is 8.42 Å². The van der Waals surface area contributed by atoms with Gasteiger partial charge < -0.3 is 5.73 Å². The lowest BCUT2D eigenvalue weighted by atomic mass is 10.2. The largest absolute Gasteiger partial charge is 0.416 e. The van der Waals surface area contributed by atoms with Gasteiger partial charge in [0.05, 0.1) is 21.9 Å². The summed E-state index contributed by atoms with van der Waals surface area (Å²) in [6.07, 6.45) is -2.79. The van der Waals surface area contributed by atoms with Crippen LogP contribution in [0.3, 0.4) is 0 Å². The van der Waals surface area contributed by atoms with Crippen molar-refractivity contribution < 1.29 is 21.6 Å². The van der Waals surface area contributed by atoms with Gasteiger partial charge in [-0.05, 0) is 24.5 Å². The molecule has 0 spiro atoms. The van der Waals surface area contributed by atoms with Crippen LogP contribution in [0, 0.1) is 0 Å². The molecule has 1 aromatic rings. The van der Waals surface area contributed by atoms with E-state index in [1.807, 2.05) is 0 Å². The zero-order chi connectivity index (χ0) is 14.0. The van der Waals surface area contributed by atoms with Gasteiger partial charge in [0.15, 0.2) is 9.84 Å². The van der Waals surface area contributed by atoms with Crippen LogP contribution in [-0.4, -0.2) is 26.2 Å². The summed E-state index contributed by atoms with van der Waals surface area (Å²) < 4.78 is 60.8. The molecule has 102 valence electrons. The monoisotopic (exact) mass is 299 g/mol. The first-order chi connectivity index (χ1) is 8.18. The average molecular weight is 299 g/mol. The predicted molar refractivity (Wildman–Crippen MR) is 66.3 cm³/mol. The Labute approximate surface area is 107 Å². The second kappa shape index (κ2) is 5.40. The third kappa shape index (κ3) is 3.55. The van der Waals surface area contributed by atoms with Gasteiger partial charge in [0.2, 0.25) is 0 Å². The Kier molecular flexibility index (Phi) is 4.55. The van der Waals surface area contributed by atoms with Crippen molar-refractivity contribution in [1.82, 2.24) is 0 Å². The van der Waals surface area contributed by atoms with Gasteiger partial charge in [-0.15, -0.1) is 0 Å². The van der Waals surface area contributed by atoms with Crippen LogP contribution in [-0.2, 0) is 16.0 Å². The molecule has 0 fully saturated rings. The van der Waals surface area contributed by atoms with E-state index in [0.717, 1.165) is 12.1 Å². The van der Waals surface area contributed by atoms with Crippen LogP contribution in [0.1, 0.15) is 5.56 Å². The second-order valence-electron chi connectivity index (χ2n) is 3.56. The molecule has 0 atom stereocenters. The number of hydrogen-bond donors (Lipinski definition) is 1. The Morgan fingerprint density at radius 3 is 2.39 bits per heavy atom. The summed E-state index contributed by atoms with van der Waals surface area (Å²) in [5.41, 5.74) is 4.07. The summed E-state index contributed by atoms with van der Waals surface area (Å²) >= 11 is 1.34. The van der Waals surface area contributed by atoms with Gasteiger partial charge in [0, 0.05) is 5.75 Å². The van der Waals surface area contributed by atoms with Crippen molar-refractivity contribution in [2.24, 2.45) is 0 Å². The predicted octanol–water partition coefficient (Wildman–Crippen LogP) is 2.42. The highest BCUT2D eigenvalue weighted by Gasteiger charge is 2.31. The first-order valence-corrected chi connectivity index (χ1v) is 7.91. The standard InChI is InChI=1S/C10H12F3NO2S2/c1-17-4-5-18(15,16)9-3-2-7(6-8(9)14)10(11,12)13/h2-3,6H,4-5,14H2,1H3. The van der Waals surface area contributed by atoms with Crippen LogP contribution in [0.5, 0.6) is 0 Å². The maximum atomic E-state index is 12.4. The molecule has 0 saturated heterocycles. The minimum absolute atomic E-state index is 0.149. The van der Waals surface area contributed by atoms with Crippen LogP contribution in [0.2, 0.25) is 0 Å². The molecule has 1 aromatic carbocycles. The summed E-state index contributed by atoms with van der Waals surface area (Å²) in [6.45, 7) is 0. The molecule has 0 aliphatic rings. The van der Waals surface area contributed by atoms with Gasteiger partial charge >= 0.3 is 6.18 Å². The fraction of sp³-hybridized carbons (Fsp3) is 0.400. The Bertz CT molecular complexity index is 526. The van der Waals surface area contributed by atoms with Crippen LogP contribution < -0.4 is 5.73 Å². The Balaban J connectivity index is 3.14. The molecule has 8 heteroatoms.